The van der Waals surface area contributed by atoms with E-state index in [2.05, 4.69) is 27.8 Å². The highest BCUT2D eigenvalue weighted by molar-refractivity contribution is 5.93. The van der Waals surface area contributed by atoms with E-state index in [-0.39, 0.29) is 11.8 Å². The predicted molar refractivity (Wildman–Crippen MR) is 76.5 cm³/mol. The number of fused-ring (bicyclic) bond motifs is 1. The second kappa shape index (κ2) is 4.82. The van der Waals surface area contributed by atoms with Gasteiger partial charge in [-0.3, -0.25) is 4.57 Å². The number of nitrogens with one attached hydrogen (secondary N) is 1. The summed E-state index contributed by atoms with van der Waals surface area (Å²) in [5.74, 6) is 2.51. The van der Waals surface area contributed by atoms with Gasteiger partial charge in [0, 0.05) is 0 Å². The van der Waals surface area contributed by atoms with Crippen molar-refractivity contribution in [3.05, 3.63) is 18.6 Å². The first-order valence-electron chi connectivity index (χ1n) is 6.44. The molecule has 0 amide bonds. The Bertz CT molecular complexity index is 706. The van der Waals surface area contributed by atoms with Gasteiger partial charge < -0.3 is 31.1 Å². The van der Waals surface area contributed by atoms with Crippen LogP contribution in [0.2, 0.25) is 0 Å². The van der Waals surface area contributed by atoms with E-state index in [9.17, 15) is 15.3 Å². The molecule has 0 spiro atoms. The Hall–Kier alpha value is -2.38. The molecular weight excluding hydrogens is 290 g/mol. The topological polar surface area (TPSA) is 138 Å². The fraction of sp³-hybridized carbons (Fsp3) is 0.385. The normalized spacial score (nSPS) is 33.8. The summed E-state index contributed by atoms with van der Waals surface area (Å²) in [5, 5.41) is 32.6. The van der Waals surface area contributed by atoms with Gasteiger partial charge in [-0.2, -0.15) is 4.99 Å². The van der Waals surface area contributed by atoms with E-state index < -0.39 is 30.6 Å². The smallest absolute Gasteiger partial charge is 0.199 e. The van der Waals surface area contributed by atoms with Gasteiger partial charge in [-0.25, -0.2) is 4.98 Å². The summed E-state index contributed by atoms with van der Waals surface area (Å²) in [6, 6.07) is 0. The van der Waals surface area contributed by atoms with Crippen LogP contribution in [0, 0.1) is 12.3 Å². The number of imidazole rings is 1. The predicted octanol–water partition coefficient (Wildman–Crippen LogP) is -1.98. The Morgan fingerprint density at radius 3 is 3.00 bits per heavy atom. The number of guanidine groups is 1. The van der Waals surface area contributed by atoms with Crippen LogP contribution in [0.25, 0.3) is 5.70 Å². The molecule has 0 aliphatic carbocycles. The van der Waals surface area contributed by atoms with Crippen LogP contribution in [0.1, 0.15) is 11.9 Å². The number of hydrogen-bond donors (Lipinski definition) is 5. The van der Waals surface area contributed by atoms with E-state index in [0.717, 1.165) is 0 Å². The summed E-state index contributed by atoms with van der Waals surface area (Å²) in [6.45, 7) is 3.27. The average Bonchev–Trinajstić information content (AvgIpc) is 3.00. The number of aliphatic imine (C=N–C) groups is 1. The zero-order chi connectivity index (χ0) is 16.1. The Balaban J connectivity index is 2.10. The molecule has 0 saturated carbocycles. The first kappa shape index (κ1) is 14.6. The number of aliphatic hydroxyl groups is 3. The SMILES string of the molecule is C#C[C@@]1(O)C(O)C(CO)O[C@H]1n1cnc2c1N=C(N)NC2=C. The molecular formula is C13H15N5O4. The Morgan fingerprint density at radius 2 is 2.36 bits per heavy atom. The van der Waals surface area contributed by atoms with Crippen LogP contribution in [0.15, 0.2) is 17.9 Å². The second-order valence-corrected chi connectivity index (χ2v) is 5.05. The number of ether oxygens (including phenoxy) is 1. The molecule has 0 radical (unpaired) electrons. The maximum atomic E-state index is 10.5. The molecule has 4 atom stereocenters. The molecule has 116 valence electrons. The molecule has 2 aliphatic heterocycles. The third-order valence-electron chi connectivity index (χ3n) is 3.71. The Labute approximate surface area is 125 Å². The fourth-order valence-corrected chi connectivity index (χ4v) is 2.56. The molecule has 0 bridgehead atoms. The van der Waals surface area contributed by atoms with Gasteiger partial charge in [-0.15, -0.1) is 6.42 Å². The van der Waals surface area contributed by atoms with Gasteiger partial charge in [0.15, 0.2) is 23.6 Å². The van der Waals surface area contributed by atoms with Crippen molar-refractivity contribution in [1.82, 2.24) is 14.9 Å². The van der Waals surface area contributed by atoms with E-state index in [0.29, 0.717) is 11.4 Å². The summed E-state index contributed by atoms with van der Waals surface area (Å²) >= 11 is 0. The van der Waals surface area contributed by atoms with Gasteiger partial charge >= 0.3 is 0 Å². The molecule has 2 aliphatic rings. The van der Waals surface area contributed by atoms with Crippen LogP contribution in [-0.2, 0) is 4.74 Å². The van der Waals surface area contributed by atoms with E-state index in [1.807, 2.05) is 0 Å². The lowest BCUT2D eigenvalue weighted by Gasteiger charge is -2.27. The number of rotatable bonds is 2. The summed E-state index contributed by atoms with van der Waals surface area (Å²) in [7, 11) is 0. The van der Waals surface area contributed by atoms with Gasteiger partial charge in [-0.05, 0) is 0 Å². The fourth-order valence-electron chi connectivity index (χ4n) is 2.56. The van der Waals surface area contributed by atoms with Crippen molar-refractivity contribution in [2.75, 3.05) is 6.61 Å². The zero-order valence-electron chi connectivity index (χ0n) is 11.5. The molecule has 1 saturated heterocycles. The van der Waals surface area contributed by atoms with Gasteiger partial charge in [-0.1, -0.05) is 12.5 Å². The average molecular weight is 305 g/mol. The number of nitrogens with zero attached hydrogens (tertiary/aromatic N) is 3. The molecule has 1 fully saturated rings. The summed E-state index contributed by atoms with van der Waals surface area (Å²) < 4.78 is 6.83. The van der Waals surface area contributed by atoms with Crippen LogP contribution in [0.4, 0.5) is 5.82 Å². The van der Waals surface area contributed by atoms with Gasteiger partial charge in [0.05, 0.1) is 18.6 Å². The minimum absolute atomic E-state index is 0.0979. The Kier molecular flexibility index (Phi) is 3.19. The van der Waals surface area contributed by atoms with E-state index in [1.54, 1.807) is 0 Å². The third kappa shape index (κ3) is 1.83. The number of hydrogen-bond acceptors (Lipinski definition) is 8. The Morgan fingerprint density at radius 1 is 1.64 bits per heavy atom. The number of nitrogens with two attached hydrogens (primary N) is 1. The van der Waals surface area contributed by atoms with E-state index in [1.165, 1.54) is 10.9 Å². The summed E-state index contributed by atoms with van der Waals surface area (Å²) in [4.78, 5) is 8.22. The van der Waals surface area contributed by atoms with Crippen molar-refractivity contribution < 1.29 is 20.1 Å². The molecule has 22 heavy (non-hydrogen) atoms. The van der Waals surface area contributed by atoms with Crippen LogP contribution >= 0.6 is 0 Å². The highest BCUT2D eigenvalue weighted by atomic mass is 16.6. The van der Waals surface area contributed by atoms with Crippen molar-refractivity contribution >= 4 is 17.5 Å². The largest absolute Gasteiger partial charge is 0.394 e. The highest BCUT2D eigenvalue weighted by Crippen LogP contribution is 2.41. The quantitative estimate of drug-likeness (QED) is 0.399. The van der Waals surface area contributed by atoms with Crippen molar-refractivity contribution in [1.29, 1.82) is 0 Å². The van der Waals surface area contributed by atoms with Crippen molar-refractivity contribution in [2.24, 2.45) is 10.7 Å². The summed E-state index contributed by atoms with van der Waals surface area (Å²) in [6.07, 6.45) is 3.03. The zero-order valence-corrected chi connectivity index (χ0v) is 11.5. The molecule has 2 unspecified atom stereocenters. The monoisotopic (exact) mass is 305 g/mol. The van der Waals surface area contributed by atoms with Gasteiger partial charge in [0.25, 0.3) is 0 Å². The van der Waals surface area contributed by atoms with Crippen LogP contribution in [0.5, 0.6) is 0 Å². The first-order chi connectivity index (χ1) is 10.4. The first-order valence-corrected chi connectivity index (χ1v) is 6.44. The number of aromatic nitrogens is 2. The third-order valence-corrected chi connectivity index (χ3v) is 3.71. The maximum absolute atomic E-state index is 10.5. The molecule has 9 nitrogen and oxygen atoms in total. The van der Waals surface area contributed by atoms with Gasteiger partial charge in [0.2, 0.25) is 0 Å². The van der Waals surface area contributed by atoms with Crippen LogP contribution in [-0.4, -0.2) is 55.2 Å². The van der Waals surface area contributed by atoms with Crippen molar-refractivity contribution in [2.45, 2.75) is 24.0 Å². The lowest BCUT2D eigenvalue weighted by atomic mass is 9.95. The standard InChI is InChI=1S/C13H15N5O4/c1-3-13(21)9(20)7(4-19)22-11(13)18-5-15-8-6(2)16-12(14)17-10(8)18/h1,5,7,9,11,19-21H,2,4H2,(H3,14,16,17)/t7?,9?,11-,13-/m1/s1. The second-order valence-electron chi connectivity index (χ2n) is 5.05. The van der Waals surface area contributed by atoms with E-state index >= 15 is 0 Å². The molecule has 6 N–H and O–H groups in total. The van der Waals surface area contributed by atoms with Crippen LogP contribution in [0.3, 0.4) is 0 Å². The van der Waals surface area contributed by atoms with Crippen LogP contribution < -0.4 is 11.1 Å². The van der Waals surface area contributed by atoms with E-state index in [4.69, 9.17) is 16.9 Å². The lowest BCUT2D eigenvalue weighted by Crippen LogP contribution is -2.45. The molecule has 3 rings (SSSR count). The minimum Gasteiger partial charge on any atom is -0.394 e. The molecule has 1 aromatic rings. The molecule has 0 aromatic carbocycles. The number of terminal acetylenes is 1. The molecule has 1 aromatic heterocycles. The highest BCUT2D eigenvalue weighted by Gasteiger charge is 2.56. The van der Waals surface area contributed by atoms with Crippen molar-refractivity contribution in [3.63, 3.8) is 0 Å². The number of aliphatic hydroxyl groups excluding tert-OH is 2. The minimum atomic E-state index is -2.04. The molecule has 3 heterocycles. The van der Waals surface area contributed by atoms with Gasteiger partial charge in [0.1, 0.15) is 17.9 Å². The summed E-state index contributed by atoms with van der Waals surface area (Å²) in [5.41, 5.74) is 4.46. The maximum Gasteiger partial charge on any atom is 0.199 e. The van der Waals surface area contributed by atoms with Crippen molar-refractivity contribution in [3.8, 4) is 12.3 Å². The lowest BCUT2D eigenvalue weighted by molar-refractivity contribution is -0.0731. The molecule has 9 heteroatoms.